The lowest BCUT2D eigenvalue weighted by Crippen LogP contribution is -2.49. The largest absolute Gasteiger partial charge is 0.500 e. The van der Waals surface area contributed by atoms with Gasteiger partial charge < -0.3 is 36.0 Å². The molecular formula is C27H50F6O8Si2. The van der Waals surface area contributed by atoms with E-state index in [2.05, 4.69) is 0 Å². The minimum atomic E-state index is -5.69. The Morgan fingerprint density at radius 3 is 0.977 bits per heavy atom. The minimum absolute atomic E-state index is 0.143. The highest BCUT2D eigenvalue weighted by atomic mass is 28.4. The molecule has 1 aliphatic rings. The fourth-order valence-corrected chi connectivity index (χ4v) is 10.0. The van der Waals surface area contributed by atoms with Crippen molar-refractivity contribution in [3.8, 4) is 0 Å². The average molecular weight is 673 g/mol. The zero-order valence-corrected chi connectivity index (χ0v) is 28.3. The summed E-state index contributed by atoms with van der Waals surface area (Å²) in [7, 11) is -5.82. The van der Waals surface area contributed by atoms with Crippen molar-refractivity contribution in [2.75, 3.05) is 52.9 Å². The summed E-state index contributed by atoms with van der Waals surface area (Å²) in [5.74, 6) is -19.8. The van der Waals surface area contributed by atoms with Crippen LogP contribution in [0.2, 0.25) is 12.1 Å². The fourth-order valence-electron chi connectivity index (χ4n) is 4.67. The standard InChI is InChI=1S/C27H50F6O8Si2/c1-7-36-42(37-8-2,38-9-3)21-17-13-15-19-34-23-24(26(30,31)27(32,33)25(23,28)29)35-20-16-14-18-22-43(39-10-4,40-11-5)41-12-6/h7-22H2,1-6H3. The van der Waals surface area contributed by atoms with Crippen LogP contribution < -0.4 is 0 Å². The van der Waals surface area contributed by atoms with E-state index >= 15 is 0 Å². The van der Waals surface area contributed by atoms with Crippen LogP contribution in [0.4, 0.5) is 26.3 Å². The van der Waals surface area contributed by atoms with E-state index in [9.17, 15) is 26.3 Å². The monoisotopic (exact) mass is 672 g/mol. The molecule has 256 valence electrons. The molecule has 0 bridgehead atoms. The van der Waals surface area contributed by atoms with Crippen LogP contribution in [0.5, 0.6) is 0 Å². The molecule has 0 amide bonds. The van der Waals surface area contributed by atoms with Gasteiger partial charge in [0.1, 0.15) is 0 Å². The molecule has 1 aliphatic carbocycles. The molecule has 0 atom stereocenters. The molecule has 0 radical (unpaired) electrons. The van der Waals surface area contributed by atoms with Crippen LogP contribution in [-0.2, 0) is 36.0 Å². The molecule has 0 spiro atoms. The summed E-state index contributed by atoms with van der Waals surface area (Å²) in [5, 5.41) is 0. The summed E-state index contributed by atoms with van der Waals surface area (Å²) in [6.45, 7) is 12.3. The third kappa shape index (κ3) is 10.6. The highest BCUT2D eigenvalue weighted by Gasteiger charge is 2.83. The minimum Gasteiger partial charge on any atom is -0.488 e. The molecule has 0 fully saturated rings. The maximum atomic E-state index is 14.5. The van der Waals surface area contributed by atoms with E-state index in [0.717, 1.165) is 0 Å². The van der Waals surface area contributed by atoms with E-state index in [1.54, 1.807) is 0 Å². The van der Waals surface area contributed by atoms with Crippen LogP contribution in [-0.4, -0.2) is 88.2 Å². The lowest BCUT2D eigenvalue weighted by Gasteiger charge is -2.28. The summed E-state index contributed by atoms with van der Waals surface area (Å²) >= 11 is 0. The van der Waals surface area contributed by atoms with Crippen molar-refractivity contribution >= 4 is 17.6 Å². The van der Waals surface area contributed by atoms with Crippen LogP contribution in [0.3, 0.4) is 0 Å². The second-order valence-corrected chi connectivity index (χ2v) is 15.1. The normalized spacial score (nSPS) is 18.0. The lowest BCUT2D eigenvalue weighted by molar-refractivity contribution is -0.276. The maximum absolute atomic E-state index is 14.5. The molecule has 0 heterocycles. The number of hydrogen-bond acceptors (Lipinski definition) is 8. The Hall–Kier alpha value is -0.886. The first kappa shape index (κ1) is 40.1. The van der Waals surface area contributed by atoms with Crippen molar-refractivity contribution in [1.29, 1.82) is 0 Å². The number of unbranched alkanes of at least 4 members (excludes halogenated alkanes) is 4. The van der Waals surface area contributed by atoms with Gasteiger partial charge in [0.05, 0.1) is 13.2 Å². The van der Waals surface area contributed by atoms with E-state index in [0.29, 0.717) is 77.4 Å². The molecule has 0 aromatic rings. The molecule has 0 unspecified atom stereocenters. The molecule has 0 saturated heterocycles. The molecule has 1 rings (SSSR count). The third-order valence-electron chi connectivity index (χ3n) is 6.50. The second kappa shape index (κ2) is 18.9. The summed E-state index contributed by atoms with van der Waals surface area (Å²) in [6.07, 6.45) is 2.15. The van der Waals surface area contributed by atoms with Crippen LogP contribution in [0.1, 0.15) is 80.1 Å². The lowest BCUT2D eigenvalue weighted by atomic mass is 10.1. The van der Waals surface area contributed by atoms with Gasteiger partial charge in [0.25, 0.3) is 0 Å². The van der Waals surface area contributed by atoms with Crippen molar-refractivity contribution in [3.63, 3.8) is 0 Å². The Labute approximate surface area is 254 Å². The van der Waals surface area contributed by atoms with Gasteiger partial charge in [-0.05, 0) is 67.2 Å². The summed E-state index contributed by atoms with van der Waals surface area (Å²) in [6, 6.07) is 0.907. The Balaban J connectivity index is 2.78. The smallest absolute Gasteiger partial charge is 0.488 e. The number of ether oxygens (including phenoxy) is 2. The zero-order valence-electron chi connectivity index (χ0n) is 26.3. The van der Waals surface area contributed by atoms with E-state index in [1.807, 2.05) is 41.5 Å². The highest BCUT2D eigenvalue weighted by molar-refractivity contribution is 6.61. The van der Waals surface area contributed by atoms with Crippen LogP contribution in [0, 0.1) is 0 Å². The summed E-state index contributed by atoms with van der Waals surface area (Å²) in [5.41, 5.74) is 0. The Kier molecular flexibility index (Phi) is 17.7. The third-order valence-corrected chi connectivity index (χ3v) is 12.8. The molecular weight excluding hydrogens is 622 g/mol. The van der Waals surface area contributed by atoms with Gasteiger partial charge in [0, 0.05) is 51.7 Å². The molecule has 16 heteroatoms. The van der Waals surface area contributed by atoms with Gasteiger partial charge in [-0.15, -0.1) is 0 Å². The molecule has 43 heavy (non-hydrogen) atoms. The predicted molar refractivity (Wildman–Crippen MR) is 152 cm³/mol. The number of halogens is 6. The van der Waals surface area contributed by atoms with Crippen LogP contribution in [0.25, 0.3) is 0 Å². The van der Waals surface area contributed by atoms with Gasteiger partial charge in [0.2, 0.25) is 11.5 Å². The molecule has 8 nitrogen and oxygen atoms in total. The SMILES string of the molecule is CCO[Si](CCCCCOC1=C(OCCCCC[Si](OCC)(OCC)OCC)C(F)(F)C(F)(F)C1(F)F)(OCC)OCC. The fraction of sp³-hybridized carbons (Fsp3) is 0.926. The van der Waals surface area contributed by atoms with Gasteiger partial charge in [-0.2, -0.15) is 26.3 Å². The quantitative estimate of drug-likeness (QED) is 0.0529. The first-order valence-electron chi connectivity index (χ1n) is 15.3. The van der Waals surface area contributed by atoms with Gasteiger partial charge in [0.15, 0.2) is 0 Å². The number of hydrogen-bond donors (Lipinski definition) is 0. The highest BCUT2D eigenvalue weighted by Crippen LogP contribution is 2.59. The van der Waals surface area contributed by atoms with Crippen molar-refractivity contribution in [2.45, 2.75) is 110 Å². The summed E-state index contributed by atoms with van der Waals surface area (Å²) in [4.78, 5) is 0. The van der Waals surface area contributed by atoms with Gasteiger partial charge >= 0.3 is 35.4 Å². The molecule has 0 N–H and O–H groups in total. The van der Waals surface area contributed by atoms with E-state index in [-0.39, 0.29) is 12.8 Å². The van der Waals surface area contributed by atoms with Gasteiger partial charge in [-0.3, -0.25) is 0 Å². The Morgan fingerprint density at radius 1 is 0.442 bits per heavy atom. The predicted octanol–water partition coefficient (Wildman–Crippen LogP) is 7.59. The van der Waals surface area contributed by atoms with Crippen molar-refractivity contribution < 1.29 is 62.4 Å². The van der Waals surface area contributed by atoms with Crippen LogP contribution >= 0.6 is 0 Å². The summed E-state index contributed by atoms with van der Waals surface area (Å²) < 4.78 is 131. The van der Waals surface area contributed by atoms with E-state index in [4.69, 9.17) is 36.0 Å². The van der Waals surface area contributed by atoms with Crippen LogP contribution in [0.15, 0.2) is 11.5 Å². The zero-order chi connectivity index (χ0) is 32.6. The van der Waals surface area contributed by atoms with Crippen molar-refractivity contribution in [2.24, 2.45) is 0 Å². The molecule has 0 aromatic heterocycles. The molecule has 0 aliphatic heterocycles. The first-order chi connectivity index (χ1) is 20.3. The molecule has 0 saturated carbocycles. The topological polar surface area (TPSA) is 73.8 Å². The Bertz CT molecular complexity index is 726. The van der Waals surface area contributed by atoms with Gasteiger partial charge in [-0.25, -0.2) is 0 Å². The number of allylic oxidation sites excluding steroid dienone is 2. The van der Waals surface area contributed by atoms with E-state index < -0.39 is 60.1 Å². The second-order valence-electron chi connectivity index (χ2n) is 9.66. The average Bonchev–Trinajstić information content (AvgIpc) is 3.02. The van der Waals surface area contributed by atoms with Crippen molar-refractivity contribution in [1.82, 2.24) is 0 Å². The molecule has 0 aromatic carbocycles. The first-order valence-corrected chi connectivity index (χ1v) is 19.1. The number of rotatable bonds is 26. The Morgan fingerprint density at radius 2 is 0.721 bits per heavy atom. The van der Waals surface area contributed by atoms with E-state index in [1.165, 1.54) is 0 Å². The van der Waals surface area contributed by atoms with Crippen molar-refractivity contribution in [3.05, 3.63) is 11.5 Å². The number of alkyl halides is 6. The van der Waals surface area contributed by atoms with Gasteiger partial charge in [-0.1, -0.05) is 12.8 Å². The maximum Gasteiger partial charge on any atom is 0.500 e.